The van der Waals surface area contributed by atoms with Gasteiger partial charge < -0.3 is 9.80 Å². The Kier molecular flexibility index (Phi) is 4.30. The Hall–Kier alpha value is -1.84. The lowest BCUT2D eigenvalue weighted by atomic mass is 9.78. The molecule has 2 aliphatic heterocycles. The quantitative estimate of drug-likeness (QED) is 0.848. The van der Waals surface area contributed by atoms with Crippen molar-refractivity contribution >= 4 is 11.8 Å². The molecule has 1 aromatic rings. The highest BCUT2D eigenvalue weighted by Crippen LogP contribution is 2.42. The monoisotopic (exact) mass is 340 g/mol. The summed E-state index contributed by atoms with van der Waals surface area (Å²) >= 11 is 0. The summed E-state index contributed by atoms with van der Waals surface area (Å²) in [5.74, 6) is 0.799. The molecular formula is C21H28N2O2. The fourth-order valence-corrected chi connectivity index (χ4v) is 4.69. The first-order valence-electron chi connectivity index (χ1n) is 9.71. The molecule has 4 nitrogen and oxygen atoms in total. The number of nitrogens with zero attached hydrogens (tertiary/aromatic N) is 2. The predicted molar refractivity (Wildman–Crippen MR) is 96.8 cm³/mol. The highest BCUT2D eigenvalue weighted by Gasteiger charge is 2.50. The Morgan fingerprint density at radius 3 is 2.76 bits per heavy atom. The molecule has 1 spiro atoms. The fourth-order valence-electron chi connectivity index (χ4n) is 4.69. The van der Waals surface area contributed by atoms with Crippen molar-refractivity contribution < 1.29 is 9.59 Å². The van der Waals surface area contributed by atoms with E-state index in [1.165, 1.54) is 17.5 Å². The van der Waals surface area contributed by atoms with Crippen LogP contribution >= 0.6 is 0 Å². The first-order valence-corrected chi connectivity index (χ1v) is 9.71. The van der Waals surface area contributed by atoms with Crippen LogP contribution in [0.3, 0.4) is 0 Å². The zero-order valence-electron chi connectivity index (χ0n) is 15.2. The average molecular weight is 340 g/mol. The Morgan fingerprint density at radius 2 is 2.04 bits per heavy atom. The molecule has 4 rings (SSSR count). The van der Waals surface area contributed by atoms with Crippen LogP contribution in [0.15, 0.2) is 24.3 Å². The second-order valence-corrected chi connectivity index (χ2v) is 8.24. The minimum atomic E-state index is -0.318. The maximum Gasteiger partial charge on any atom is 0.230 e. The first kappa shape index (κ1) is 16.6. The highest BCUT2D eigenvalue weighted by atomic mass is 16.2. The Balaban J connectivity index is 1.45. The Labute approximate surface area is 150 Å². The van der Waals surface area contributed by atoms with Crippen molar-refractivity contribution in [1.29, 1.82) is 0 Å². The summed E-state index contributed by atoms with van der Waals surface area (Å²) in [6.07, 6.45) is 6.08. The highest BCUT2D eigenvalue weighted by molar-refractivity contribution is 5.86. The number of likely N-dealkylation sites (tertiary alicyclic amines) is 2. The van der Waals surface area contributed by atoms with Gasteiger partial charge in [0.05, 0.1) is 5.41 Å². The van der Waals surface area contributed by atoms with E-state index in [0.29, 0.717) is 19.0 Å². The van der Waals surface area contributed by atoms with Crippen LogP contribution in [0.4, 0.5) is 0 Å². The first-order chi connectivity index (χ1) is 12.1. The molecule has 0 N–H and O–H groups in total. The number of hydrogen-bond donors (Lipinski definition) is 0. The van der Waals surface area contributed by atoms with Gasteiger partial charge in [0.25, 0.3) is 0 Å². The molecular weight excluding hydrogens is 312 g/mol. The molecule has 1 aromatic carbocycles. The molecule has 3 fully saturated rings. The minimum Gasteiger partial charge on any atom is -0.341 e. The van der Waals surface area contributed by atoms with Crippen molar-refractivity contribution in [2.75, 3.05) is 19.6 Å². The van der Waals surface area contributed by atoms with Gasteiger partial charge in [0.2, 0.25) is 11.8 Å². The maximum absolute atomic E-state index is 13.2. The summed E-state index contributed by atoms with van der Waals surface area (Å²) < 4.78 is 0. The van der Waals surface area contributed by atoms with Crippen molar-refractivity contribution in [3.05, 3.63) is 35.4 Å². The molecule has 0 bridgehead atoms. The van der Waals surface area contributed by atoms with Gasteiger partial charge in [-0.25, -0.2) is 0 Å². The Bertz CT molecular complexity index is 682. The summed E-state index contributed by atoms with van der Waals surface area (Å²) in [4.78, 5) is 29.8. The number of rotatable bonds is 3. The van der Waals surface area contributed by atoms with E-state index in [1.807, 2.05) is 9.80 Å². The van der Waals surface area contributed by atoms with Crippen LogP contribution in [-0.4, -0.2) is 41.2 Å². The van der Waals surface area contributed by atoms with E-state index < -0.39 is 0 Å². The molecule has 1 saturated carbocycles. The van der Waals surface area contributed by atoms with Crippen LogP contribution in [0.5, 0.6) is 0 Å². The smallest absolute Gasteiger partial charge is 0.230 e. The predicted octanol–water partition coefficient (Wildman–Crippen LogP) is 3.14. The largest absolute Gasteiger partial charge is 0.341 e. The number of amides is 2. The van der Waals surface area contributed by atoms with E-state index in [1.54, 1.807) is 0 Å². The van der Waals surface area contributed by atoms with E-state index in [2.05, 4.69) is 31.2 Å². The molecule has 2 heterocycles. The van der Waals surface area contributed by atoms with E-state index in [9.17, 15) is 9.59 Å². The molecule has 134 valence electrons. The van der Waals surface area contributed by atoms with Crippen LogP contribution in [0, 0.1) is 18.3 Å². The molecule has 1 aliphatic carbocycles. The molecule has 2 saturated heterocycles. The molecule has 0 aromatic heterocycles. The normalized spacial score (nSPS) is 27.0. The lowest BCUT2D eigenvalue weighted by Crippen LogP contribution is -2.50. The summed E-state index contributed by atoms with van der Waals surface area (Å²) in [5, 5.41) is 0. The van der Waals surface area contributed by atoms with E-state index in [0.717, 1.165) is 45.2 Å². The maximum atomic E-state index is 13.2. The van der Waals surface area contributed by atoms with Gasteiger partial charge in [-0.15, -0.1) is 0 Å². The fraction of sp³-hybridized carbons (Fsp3) is 0.619. The third kappa shape index (κ3) is 3.07. The van der Waals surface area contributed by atoms with Crippen molar-refractivity contribution in [1.82, 2.24) is 9.80 Å². The Morgan fingerprint density at radius 1 is 1.20 bits per heavy atom. The molecule has 1 unspecified atom stereocenters. The lowest BCUT2D eigenvalue weighted by Gasteiger charge is -2.39. The number of hydrogen-bond acceptors (Lipinski definition) is 2. The zero-order chi connectivity index (χ0) is 17.4. The number of benzene rings is 1. The SMILES string of the molecule is Cc1cccc(CN2CCCC3(CCN(C(=O)C4CCC4)C3)C2=O)c1. The molecule has 1 atom stereocenters. The van der Waals surface area contributed by atoms with Crippen molar-refractivity contribution in [3.63, 3.8) is 0 Å². The molecule has 25 heavy (non-hydrogen) atoms. The van der Waals surface area contributed by atoms with Gasteiger partial charge >= 0.3 is 0 Å². The molecule has 2 amide bonds. The molecule has 3 aliphatic rings. The van der Waals surface area contributed by atoms with Gasteiger partial charge in [0.15, 0.2) is 0 Å². The van der Waals surface area contributed by atoms with Gasteiger partial charge in [0, 0.05) is 32.1 Å². The van der Waals surface area contributed by atoms with Crippen LogP contribution in [0.1, 0.15) is 49.7 Å². The molecule has 4 heteroatoms. The lowest BCUT2D eigenvalue weighted by molar-refractivity contribution is -0.147. The van der Waals surface area contributed by atoms with E-state index >= 15 is 0 Å². The van der Waals surface area contributed by atoms with Crippen LogP contribution < -0.4 is 0 Å². The van der Waals surface area contributed by atoms with Crippen LogP contribution in [0.25, 0.3) is 0 Å². The van der Waals surface area contributed by atoms with Crippen LogP contribution in [0.2, 0.25) is 0 Å². The van der Waals surface area contributed by atoms with E-state index in [4.69, 9.17) is 0 Å². The average Bonchev–Trinajstić information content (AvgIpc) is 2.96. The number of carbonyl (C=O) groups excluding carboxylic acids is 2. The summed E-state index contributed by atoms with van der Waals surface area (Å²) in [7, 11) is 0. The number of carbonyl (C=O) groups is 2. The number of aryl methyl sites for hydroxylation is 1. The van der Waals surface area contributed by atoms with Gasteiger partial charge in [-0.05, 0) is 44.6 Å². The van der Waals surface area contributed by atoms with Gasteiger partial charge in [-0.2, -0.15) is 0 Å². The van der Waals surface area contributed by atoms with E-state index in [-0.39, 0.29) is 17.2 Å². The standard InChI is InChI=1S/C21H28N2O2/c1-16-5-2-6-17(13-16)14-22-11-4-9-21(20(22)25)10-12-23(15-21)19(24)18-7-3-8-18/h2,5-6,13,18H,3-4,7-12,14-15H2,1H3. The third-order valence-corrected chi connectivity index (χ3v) is 6.40. The van der Waals surface area contributed by atoms with Crippen molar-refractivity contribution in [2.24, 2.45) is 11.3 Å². The van der Waals surface area contributed by atoms with Crippen molar-refractivity contribution in [3.8, 4) is 0 Å². The summed E-state index contributed by atoms with van der Waals surface area (Å²) in [6, 6.07) is 8.41. The second-order valence-electron chi connectivity index (χ2n) is 8.24. The second kappa shape index (κ2) is 6.47. The summed E-state index contributed by atoms with van der Waals surface area (Å²) in [6.45, 7) is 5.03. The zero-order valence-corrected chi connectivity index (χ0v) is 15.2. The number of piperidine rings is 1. The third-order valence-electron chi connectivity index (χ3n) is 6.40. The topological polar surface area (TPSA) is 40.6 Å². The molecule has 0 radical (unpaired) electrons. The summed E-state index contributed by atoms with van der Waals surface area (Å²) in [5.41, 5.74) is 2.11. The van der Waals surface area contributed by atoms with Gasteiger partial charge in [-0.3, -0.25) is 9.59 Å². The van der Waals surface area contributed by atoms with Crippen LogP contribution in [-0.2, 0) is 16.1 Å². The minimum absolute atomic E-state index is 0.234. The van der Waals surface area contributed by atoms with Crippen molar-refractivity contribution in [2.45, 2.75) is 52.0 Å². The van der Waals surface area contributed by atoms with Gasteiger partial charge in [-0.1, -0.05) is 36.2 Å². The van der Waals surface area contributed by atoms with Gasteiger partial charge in [0.1, 0.15) is 0 Å².